The second-order valence-electron chi connectivity index (χ2n) is 5.36. The molecule has 3 heterocycles. The van der Waals surface area contributed by atoms with Crippen LogP contribution in [-0.2, 0) is 17.9 Å². The van der Waals surface area contributed by atoms with E-state index in [-0.39, 0.29) is 0 Å². The van der Waals surface area contributed by atoms with Crippen LogP contribution in [0.25, 0.3) is 0 Å². The number of ether oxygens (including phenoxy) is 1. The lowest BCUT2D eigenvalue weighted by Crippen LogP contribution is -2.18. The Morgan fingerprint density at radius 3 is 2.77 bits per heavy atom. The summed E-state index contributed by atoms with van der Waals surface area (Å²) in [6, 6.07) is 6.06. The molecule has 0 spiro atoms. The van der Waals surface area contributed by atoms with Crippen molar-refractivity contribution >= 4 is 11.6 Å². The van der Waals surface area contributed by atoms with Crippen molar-refractivity contribution in [3.63, 3.8) is 0 Å². The quantitative estimate of drug-likeness (QED) is 0.882. The highest BCUT2D eigenvalue weighted by molar-refractivity contribution is 5.41. The first-order valence-corrected chi connectivity index (χ1v) is 7.60. The zero-order valence-corrected chi connectivity index (χ0v) is 12.8. The van der Waals surface area contributed by atoms with E-state index in [0.717, 1.165) is 30.3 Å². The Morgan fingerprint density at radius 1 is 1.18 bits per heavy atom. The minimum absolute atomic E-state index is 0.418. The molecule has 2 aromatic rings. The minimum atomic E-state index is 0.418. The van der Waals surface area contributed by atoms with Gasteiger partial charge in [0.25, 0.3) is 0 Å². The standard InChI is InChI=1S/C16H21N5O/c1-22-12-15-17-7-6-14(20-15)18-10-13-4-5-16(19-11-13)21-8-2-3-9-21/h4-7,11H,2-3,8-10,12H2,1H3,(H,17,18,20). The Morgan fingerprint density at radius 2 is 2.05 bits per heavy atom. The van der Waals surface area contributed by atoms with Crippen molar-refractivity contribution in [3.8, 4) is 0 Å². The van der Waals surface area contributed by atoms with Crippen molar-refractivity contribution in [3.05, 3.63) is 42.0 Å². The Hall–Kier alpha value is -2.21. The summed E-state index contributed by atoms with van der Waals surface area (Å²) in [4.78, 5) is 15.4. The monoisotopic (exact) mass is 299 g/mol. The zero-order valence-electron chi connectivity index (χ0n) is 12.8. The SMILES string of the molecule is COCc1nccc(NCc2ccc(N3CCCC3)nc2)n1. The molecule has 0 bridgehead atoms. The van der Waals surface area contributed by atoms with E-state index in [9.17, 15) is 0 Å². The summed E-state index contributed by atoms with van der Waals surface area (Å²) in [6.45, 7) is 3.35. The van der Waals surface area contributed by atoms with Crippen molar-refractivity contribution in [2.75, 3.05) is 30.4 Å². The van der Waals surface area contributed by atoms with Gasteiger partial charge in [-0.2, -0.15) is 0 Å². The third-order valence-corrected chi connectivity index (χ3v) is 3.69. The summed E-state index contributed by atoms with van der Waals surface area (Å²) in [6.07, 6.45) is 6.20. The average Bonchev–Trinajstić information content (AvgIpc) is 3.09. The van der Waals surface area contributed by atoms with Crippen molar-refractivity contribution in [2.45, 2.75) is 26.0 Å². The molecule has 0 saturated carbocycles. The molecule has 0 amide bonds. The molecular formula is C16H21N5O. The maximum Gasteiger partial charge on any atom is 0.156 e. The fraction of sp³-hybridized carbons (Fsp3) is 0.438. The Bertz CT molecular complexity index is 596. The van der Waals surface area contributed by atoms with E-state index in [0.29, 0.717) is 19.0 Å². The number of nitrogens with zero attached hydrogens (tertiary/aromatic N) is 4. The lowest BCUT2D eigenvalue weighted by Gasteiger charge is -2.16. The third-order valence-electron chi connectivity index (χ3n) is 3.69. The molecule has 1 aliphatic heterocycles. The normalized spacial score (nSPS) is 14.3. The van der Waals surface area contributed by atoms with Crippen molar-refractivity contribution in [1.82, 2.24) is 15.0 Å². The fourth-order valence-corrected chi connectivity index (χ4v) is 2.54. The summed E-state index contributed by atoms with van der Waals surface area (Å²) < 4.78 is 5.04. The van der Waals surface area contributed by atoms with Crippen LogP contribution in [0.2, 0.25) is 0 Å². The molecule has 1 fully saturated rings. The van der Waals surface area contributed by atoms with Gasteiger partial charge in [-0.05, 0) is 30.5 Å². The van der Waals surface area contributed by atoms with Crippen molar-refractivity contribution in [2.24, 2.45) is 0 Å². The Kier molecular flexibility index (Phi) is 4.80. The number of hydrogen-bond donors (Lipinski definition) is 1. The van der Waals surface area contributed by atoms with Crippen LogP contribution in [0.5, 0.6) is 0 Å². The Balaban J connectivity index is 1.58. The van der Waals surface area contributed by atoms with Gasteiger partial charge in [-0.1, -0.05) is 6.07 Å². The zero-order chi connectivity index (χ0) is 15.2. The summed E-state index contributed by atoms with van der Waals surface area (Å²) in [7, 11) is 1.64. The van der Waals surface area contributed by atoms with E-state index in [1.54, 1.807) is 13.3 Å². The average molecular weight is 299 g/mol. The second-order valence-corrected chi connectivity index (χ2v) is 5.36. The maximum absolute atomic E-state index is 5.04. The number of pyridine rings is 1. The molecule has 6 nitrogen and oxygen atoms in total. The van der Waals surface area contributed by atoms with Gasteiger partial charge in [0.05, 0.1) is 0 Å². The van der Waals surface area contributed by atoms with E-state index in [1.807, 2.05) is 12.3 Å². The van der Waals surface area contributed by atoms with Crippen LogP contribution in [0.15, 0.2) is 30.6 Å². The van der Waals surface area contributed by atoms with E-state index >= 15 is 0 Å². The number of nitrogens with one attached hydrogen (secondary N) is 1. The lowest BCUT2D eigenvalue weighted by molar-refractivity contribution is 0.178. The summed E-state index contributed by atoms with van der Waals surface area (Å²) in [5.41, 5.74) is 1.13. The van der Waals surface area contributed by atoms with Crippen LogP contribution in [0.1, 0.15) is 24.2 Å². The van der Waals surface area contributed by atoms with Crippen LogP contribution >= 0.6 is 0 Å². The summed E-state index contributed by atoms with van der Waals surface area (Å²) in [5.74, 6) is 2.55. The summed E-state index contributed by atoms with van der Waals surface area (Å²) >= 11 is 0. The number of hydrogen-bond acceptors (Lipinski definition) is 6. The molecule has 1 saturated heterocycles. The molecule has 0 aliphatic carbocycles. The molecule has 0 radical (unpaired) electrons. The summed E-state index contributed by atoms with van der Waals surface area (Å²) in [5, 5.41) is 3.29. The predicted octanol–water partition coefficient (Wildman–Crippen LogP) is 2.23. The molecule has 6 heteroatoms. The first kappa shape index (κ1) is 14.7. The fourth-order valence-electron chi connectivity index (χ4n) is 2.54. The molecule has 1 aliphatic rings. The Labute approximate surface area is 130 Å². The van der Waals surface area contributed by atoms with Gasteiger partial charge in [-0.25, -0.2) is 15.0 Å². The van der Waals surface area contributed by atoms with E-state index < -0.39 is 0 Å². The highest BCUT2D eigenvalue weighted by Gasteiger charge is 2.12. The second kappa shape index (κ2) is 7.17. The van der Waals surface area contributed by atoms with Gasteiger partial charge in [0.2, 0.25) is 0 Å². The predicted molar refractivity (Wildman–Crippen MR) is 85.8 cm³/mol. The molecule has 3 rings (SSSR count). The van der Waals surface area contributed by atoms with E-state index in [4.69, 9.17) is 4.74 Å². The van der Waals surface area contributed by atoms with Crippen LogP contribution in [0.3, 0.4) is 0 Å². The largest absolute Gasteiger partial charge is 0.377 e. The number of rotatable bonds is 6. The molecule has 116 valence electrons. The molecular weight excluding hydrogens is 278 g/mol. The van der Waals surface area contributed by atoms with Gasteiger partial charge in [0, 0.05) is 39.1 Å². The van der Waals surface area contributed by atoms with Gasteiger partial charge in [0.1, 0.15) is 18.2 Å². The van der Waals surface area contributed by atoms with Gasteiger partial charge in [0.15, 0.2) is 5.82 Å². The minimum Gasteiger partial charge on any atom is -0.377 e. The molecule has 0 unspecified atom stereocenters. The van der Waals surface area contributed by atoms with Gasteiger partial charge in [-0.15, -0.1) is 0 Å². The first-order chi connectivity index (χ1) is 10.8. The first-order valence-electron chi connectivity index (χ1n) is 7.60. The molecule has 2 aromatic heterocycles. The number of aromatic nitrogens is 3. The highest BCUT2D eigenvalue weighted by Crippen LogP contribution is 2.17. The van der Waals surface area contributed by atoms with Crippen LogP contribution in [0.4, 0.5) is 11.6 Å². The molecule has 1 N–H and O–H groups in total. The van der Waals surface area contributed by atoms with E-state index in [1.165, 1.54) is 12.8 Å². The van der Waals surface area contributed by atoms with E-state index in [2.05, 4.69) is 37.3 Å². The smallest absolute Gasteiger partial charge is 0.156 e. The van der Waals surface area contributed by atoms with Gasteiger partial charge < -0.3 is 15.0 Å². The highest BCUT2D eigenvalue weighted by atomic mass is 16.5. The van der Waals surface area contributed by atoms with Gasteiger partial charge >= 0.3 is 0 Å². The van der Waals surface area contributed by atoms with Crippen LogP contribution < -0.4 is 10.2 Å². The van der Waals surface area contributed by atoms with Gasteiger partial charge in [-0.3, -0.25) is 0 Å². The topological polar surface area (TPSA) is 63.2 Å². The number of methoxy groups -OCH3 is 1. The lowest BCUT2D eigenvalue weighted by atomic mass is 10.2. The van der Waals surface area contributed by atoms with Crippen LogP contribution in [0, 0.1) is 0 Å². The molecule has 0 aromatic carbocycles. The molecule has 22 heavy (non-hydrogen) atoms. The van der Waals surface area contributed by atoms with Crippen molar-refractivity contribution in [1.29, 1.82) is 0 Å². The molecule has 0 atom stereocenters. The van der Waals surface area contributed by atoms with Crippen molar-refractivity contribution < 1.29 is 4.74 Å². The third kappa shape index (κ3) is 3.71. The number of anilines is 2. The maximum atomic E-state index is 5.04. The van der Waals surface area contributed by atoms with Crippen LogP contribution in [-0.4, -0.2) is 35.2 Å².